The number of amides is 1. The third-order valence-corrected chi connectivity index (χ3v) is 5.02. The number of halogens is 5. The highest BCUT2D eigenvalue weighted by Gasteiger charge is 2.36. The molecule has 3 N–H and O–H groups in total. The highest BCUT2D eigenvalue weighted by Crippen LogP contribution is 2.41. The van der Waals surface area contributed by atoms with Gasteiger partial charge in [0.2, 0.25) is 0 Å². The van der Waals surface area contributed by atoms with Gasteiger partial charge in [0, 0.05) is 6.04 Å². The molecule has 0 fully saturated rings. The van der Waals surface area contributed by atoms with E-state index in [1.165, 1.54) is 10.7 Å². The summed E-state index contributed by atoms with van der Waals surface area (Å²) in [6, 6.07) is 4.77. The van der Waals surface area contributed by atoms with Crippen molar-refractivity contribution >= 4 is 27.9 Å². The molecule has 0 radical (unpaired) electrons. The van der Waals surface area contributed by atoms with Gasteiger partial charge in [-0.1, -0.05) is 6.07 Å². The van der Waals surface area contributed by atoms with Crippen molar-refractivity contribution in [2.75, 3.05) is 11.1 Å². The van der Waals surface area contributed by atoms with Crippen molar-refractivity contribution < 1.29 is 26.7 Å². The number of alkyl halides is 3. The largest absolute Gasteiger partial charge is 0.435 e. The number of thiophene rings is 1. The molecule has 0 saturated carbocycles. The minimum atomic E-state index is -4.64. The number of nitrogens with one attached hydrogen (secondary N) is 1. The van der Waals surface area contributed by atoms with Crippen LogP contribution in [0.1, 0.15) is 35.9 Å². The molecule has 11 heteroatoms. The highest BCUT2D eigenvalue weighted by molar-refractivity contribution is 7.20. The van der Waals surface area contributed by atoms with Crippen molar-refractivity contribution in [3.05, 3.63) is 53.2 Å². The highest BCUT2D eigenvalue weighted by atomic mass is 32.1. The molecular formula is C18H15F5N4OS. The molecule has 0 aliphatic heterocycles. The SMILES string of the molecule is CC(C)n1nc(C(F)(F)F)cc1-c1sc(NC(=O)c2c(F)cccc2F)cc1N. The fourth-order valence-electron chi connectivity index (χ4n) is 2.65. The molecule has 5 nitrogen and oxygen atoms in total. The van der Waals surface area contributed by atoms with Crippen LogP contribution in [0.15, 0.2) is 30.3 Å². The Balaban J connectivity index is 1.98. The summed E-state index contributed by atoms with van der Waals surface area (Å²) in [5.41, 5.74) is 4.29. The van der Waals surface area contributed by atoms with Gasteiger partial charge in [-0.3, -0.25) is 9.48 Å². The standard InChI is InChI=1S/C18H15F5N4OS/c1-8(2)27-12(7-13(26-27)18(21,22)23)16-11(24)6-14(29-16)25-17(28)15-9(19)4-3-5-10(15)20/h3-8H,24H2,1-2H3,(H,25,28). The van der Waals surface area contributed by atoms with Crippen LogP contribution in [0, 0.1) is 11.6 Å². The summed E-state index contributed by atoms with van der Waals surface area (Å²) in [7, 11) is 0. The number of nitrogens with zero attached hydrogens (tertiary/aromatic N) is 2. The summed E-state index contributed by atoms with van der Waals surface area (Å²) in [5, 5.41) is 6.04. The zero-order chi connectivity index (χ0) is 21.5. The molecule has 0 spiro atoms. The van der Waals surface area contributed by atoms with Crippen LogP contribution >= 0.6 is 11.3 Å². The summed E-state index contributed by atoms with van der Waals surface area (Å²) in [5.74, 6) is -3.12. The van der Waals surface area contributed by atoms with Gasteiger partial charge in [-0.25, -0.2) is 8.78 Å². The first-order valence-corrected chi connectivity index (χ1v) is 9.12. The van der Waals surface area contributed by atoms with Gasteiger partial charge in [0.15, 0.2) is 5.69 Å². The van der Waals surface area contributed by atoms with E-state index in [2.05, 4.69) is 10.4 Å². The molecule has 0 unspecified atom stereocenters. The number of rotatable bonds is 4. The number of hydrogen-bond acceptors (Lipinski definition) is 4. The Labute approximate surface area is 165 Å². The summed E-state index contributed by atoms with van der Waals surface area (Å²) in [4.78, 5) is 12.5. The molecule has 2 heterocycles. The summed E-state index contributed by atoms with van der Waals surface area (Å²) in [6.07, 6.45) is -4.64. The lowest BCUT2D eigenvalue weighted by atomic mass is 10.2. The van der Waals surface area contributed by atoms with Crippen molar-refractivity contribution in [2.45, 2.75) is 26.1 Å². The molecule has 29 heavy (non-hydrogen) atoms. The predicted octanol–water partition coefficient (Wildman–Crippen LogP) is 5.32. The second kappa shape index (κ2) is 7.47. The molecule has 0 aliphatic rings. The van der Waals surface area contributed by atoms with Crippen LogP contribution in [-0.2, 0) is 6.18 Å². The van der Waals surface area contributed by atoms with E-state index in [0.717, 1.165) is 35.6 Å². The van der Waals surface area contributed by atoms with Crippen LogP contribution in [0.25, 0.3) is 10.6 Å². The van der Waals surface area contributed by atoms with Crippen molar-refractivity contribution in [1.29, 1.82) is 0 Å². The minimum Gasteiger partial charge on any atom is -0.397 e. The first-order valence-electron chi connectivity index (χ1n) is 8.30. The number of carbonyl (C=O) groups is 1. The van der Waals surface area contributed by atoms with E-state index in [0.29, 0.717) is 0 Å². The van der Waals surface area contributed by atoms with Gasteiger partial charge < -0.3 is 11.1 Å². The Hall–Kier alpha value is -2.95. The van der Waals surface area contributed by atoms with Crippen molar-refractivity contribution in [2.24, 2.45) is 0 Å². The monoisotopic (exact) mass is 430 g/mol. The van der Waals surface area contributed by atoms with E-state index in [4.69, 9.17) is 5.73 Å². The maximum Gasteiger partial charge on any atom is 0.435 e. The molecule has 2 aromatic heterocycles. The molecule has 154 valence electrons. The second-order valence-electron chi connectivity index (χ2n) is 6.40. The number of aromatic nitrogens is 2. The summed E-state index contributed by atoms with van der Waals surface area (Å²) < 4.78 is 67.9. The topological polar surface area (TPSA) is 72.9 Å². The Morgan fingerprint density at radius 2 is 1.83 bits per heavy atom. The van der Waals surface area contributed by atoms with Crippen LogP contribution in [0.2, 0.25) is 0 Å². The fraction of sp³-hybridized carbons (Fsp3) is 0.222. The van der Waals surface area contributed by atoms with Gasteiger partial charge in [-0.2, -0.15) is 18.3 Å². The van der Waals surface area contributed by atoms with Crippen molar-refractivity contribution in [3.8, 4) is 10.6 Å². The van der Waals surface area contributed by atoms with Crippen LogP contribution in [0.4, 0.5) is 32.6 Å². The van der Waals surface area contributed by atoms with Gasteiger partial charge in [0.25, 0.3) is 5.91 Å². The number of hydrogen-bond donors (Lipinski definition) is 2. The fourth-order valence-corrected chi connectivity index (χ4v) is 3.64. The Bertz CT molecular complexity index is 1050. The van der Waals surface area contributed by atoms with Crippen molar-refractivity contribution in [1.82, 2.24) is 9.78 Å². The van der Waals surface area contributed by atoms with Crippen LogP contribution in [0.3, 0.4) is 0 Å². The van der Waals surface area contributed by atoms with Gasteiger partial charge in [-0.15, -0.1) is 11.3 Å². The molecule has 3 rings (SSSR count). The van der Waals surface area contributed by atoms with Gasteiger partial charge in [0.05, 0.1) is 21.3 Å². The number of benzene rings is 1. The molecule has 3 aromatic rings. The maximum absolute atomic E-state index is 13.8. The minimum absolute atomic E-state index is 0.0924. The molecule has 1 amide bonds. The normalized spacial score (nSPS) is 11.9. The first-order chi connectivity index (χ1) is 13.5. The molecule has 0 aliphatic carbocycles. The Kier molecular flexibility index (Phi) is 5.35. The third-order valence-electron chi connectivity index (χ3n) is 3.94. The lowest BCUT2D eigenvalue weighted by Crippen LogP contribution is -2.15. The number of carbonyl (C=O) groups excluding carboxylic acids is 1. The van der Waals surface area contributed by atoms with Crippen LogP contribution in [0.5, 0.6) is 0 Å². The lowest BCUT2D eigenvalue weighted by molar-refractivity contribution is -0.141. The van der Waals surface area contributed by atoms with E-state index in [9.17, 15) is 26.7 Å². The molecule has 0 saturated heterocycles. The average Bonchev–Trinajstić information content (AvgIpc) is 3.18. The number of nitrogens with two attached hydrogens (primary N) is 1. The average molecular weight is 430 g/mol. The van der Waals surface area contributed by atoms with E-state index < -0.39 is 41.0 Å². The number of nitrogen functional groups attached to an aromatic ring is 1. The third kappa shape index (κ3) is 4.09. The first kappa shape index (κ1) is 20.8. The Morgan fingerprint density at radius 1 is 1.21 bits per heavy atom. The lowest BCUT2D eigenvalue weighted by Gasteiger charge is -2.10. The molecule has 0 atom stereocenters. The molecule has 0 bridgehead atoms. The number of anilines is 2. The molecular weight excluding hydrogens is 415 g/mol. The summed E-state index contributed by atoms with van der Waals surface area (Å²) >= 11 is 0.873. The van der Waals surface area contributed by atoms with E-state index in [1.54, 1.807) is 13.8 Å². The second-order valence-corrected chi connectivity index (χ2v) is 7.45. The smallest absolute Gasteiger partial charge is 0.397 e. The van der Waals surface area contributed by atoms with Crippen LogP contribution in [-0.4, -0.2) is 15.7 Å². The zero-order valence-electron chi connectivity index (χ0n) is 15.1. The van der Waals surface area contributed by atoms with Gasteiger partial charge in [0.1, 0.15) is 17.2 Å². The summed E-state index contributed by atoms with van der Waals surface area (Å²) in [6.45, 7) is 3.31. The Morgan fingerprint density at radius 3 is 2.38 bits per heavy atom. The van der Waals surface area contributed by atoms with Gasteiger partial charge in [-0.05, 0) is 38.1 Å². The van der Waals surface area contributed by atoms with Gasteiger partial charge >= 0.3 is 6.18 Å². The maximum atomic E-state index is 13.8. The van der Waals surface area contributed by atoms with Crippen molar-refractivity contribution in [3.63, 3.8) is 0 Å². The van der Waals surface area contributed by atoms with E-state index >= 15 is 0 Å². The zero-order valence-corrected chi connectivity index (χ0v) is 16.0. The van der Waals surface area contributed by atoms with Crippen LogP contribution < -0.4 is 11.1 Å². The predicted molar refractivity (Wildman–Crippen MR) is 99.7 cm³/mol. The quantitative estimate of drug-likeness (QED) is 0.550. The van der Waals surface area contributed by atoms with E-state index in [1.807, 2.05) is 0 Å². The molecule has 1 aromatic carbocycles. The van der Waals surface area contributed by atoms with E-state index in [-0.39, 0.29) is 21.3 Å².